The molecule has 0 fully saturated rings. The van der Waals surface area contributed by atoms with Gasteiger partial charge in [-0.2, -0.15) is 0 Å². The number of hydrogen-bond donors (Lipinski definition) is 0. The number of carbonyl (C=O) groups is 1. The van der Waals surface area contributed by atoms with Crippen LogP contribution in [0.2, 0.25) is 0 Å². The van der Waals surface area contributed by atoms with Gasteiger partial charge in [0.05, 0.1) is 0 Å². The fraction of sp³-hybridized carbons (Fsp3) is 0.267. The molecule has 1 aromatic heterocycles. The van der Waals surface area contributed by atoms with E-state index in [9.17, 15) is 13.6 Å². The van der Waals surface area contributed by atoms with Crippen LogP contribution in [0.15, 0.2) is 36.7 Å². The van der Waals surface area contributed by atoms with Crippen molar-refractivity contribution >= 4 is 5.78 Å². The molecule has 0 atom stereocenters. The predicted octanol–water partition coefficient (Wildman–Crippen LogP) is 3.80. The molecule has 0 spiro atoms. The summed E-state index contributed by atoms with van der Waals surface area (Å²) in [5.41, 5.74) is 1.17. The molecule has 0 bridgehead atoms. The molecule has 0 unspecified atom stereocenters. The Balaban J connectivity index is 2.13. The van der Waals surface area contributed by atoms with E-state index in [1.807, 2.05) is 6.92 Å². The van der Waals surface area contributed by atoms with Gasteiger partial charge in [-0.05, 0) is 30.2 Å². The van der Waals surface area contributed by atoms with E-state index in [-0.39, 0.29) is 5.78 Å². The summed E-state index contributed by atoms with van der Waals surface area (Å²) in [6, 6.07) is 5.15. The van der Waals surface area contributed by atoms with Crippen LogP contribution in [0, 0.1) is 11.6 Å². The van der Waals surface area contributed by atoms with Crippen LogP contribution >= 0.6 is 0 Å². The van der Waals surface area contributed by atoms with Crippen molar-refractivity contribution in [3.05, 3.63) is 59.4 Å². The molecule has 4 heteroatoms. The Kier molecular flexibility index (Phi) is 4.10. The minimum absolute atomic E-state index is 0.0895. The average molecular weight is 263 g/mol. The van der Waals surface area contributed by atoms with Gasteiger partial charge < -0.3 is 4.57 Å². The zero-order valence-corrected chi connectivity index (χ0v) is 10.7. The summed E-state index contributed by atoms with van der Waals surface area (Å²) in [5.74, 6) is -1.10. The van der Waals surface area contributed by atoms with Crippen molar-refractivity contribution in [3.8, 4) is 0 Å². The highest BCUT2D eigenvalue weighted by Gasteiger charge is 2.07. The molecular formula is C15H15F2NO. The maximum atomic E-state index is 13.1. The van der Waals surface area contributed by atoms with Crippen LogP contribution in [0.4, 0.5) is 8.78 Å². The standard InChI is InChI=1S/C15H15F2NO/c1-2-3-15(19)12-4-5-18(10-12)9-11-6-13(16)8-14(17)7-11/h4-8,10H,2-3,9H2,1H3. The largest absolute Gasteiger partial charge is 0.349 e. The van der Waals surface area contributed by atoms with Gasteiger partial charge in [-0.1, -0.05) is 6.92 Å². The zero-order valence-electron chi connectivity index (χ0n) is 10.7. The fourth-order valence-electron chi connectivity index (χ4n) is 1.99. The van der Waals surface area contributed by atoms with Crippen LogP contribution in [0.25, 0.3) is 0 Å². The normalized spacial score (nSPS) is 10.7. The second kappa shape index (κ2) is 5.78. The van der Waals surface area contributed by atoms with Crippen molar-refractivity contribution in [1.29, 1.82) is 0 Å². The van der Waals surface area contributed by atoms with Gasteiger partial charge in [0.25, 0.3) is 0 Å². The molecule has 0 radical (unpaired) electrons. The average Bonchev–Trinajstić information content (AvgIpc) is 2.76. The van der Waals surface area contributed by atoms with Crippen molar-refractivity contribution in [2.45, 2.75) is 26.3 Å². The molecule has 0 saturated carbocycles. The number of rotatable bonds is 5. The third-order valence-corrected chi connectivity index (χ3v) is 2.84. The molecule has 0 saturated heterocycles. The van der Waals surface area contributed by atoms with E-state index in [0.29, 0.717) is 24.1 Å². The lowest BCUT2D eigenvalue weighted by atomic mass is 10.1. The van der Waals surface area contributed by atoms with Gasteiger partial charge in [0.1, 0.15) is 11.6 Å². The minimum Gasteiger partial charge on any atom is -0.349 e. The molecule has 0 aliphatic heterocycles. The number of nitrogens with zero attached hydrogens (tertiary/aromatic N) is 1. The van der Waals surface area contributed by atoms with Crippen LogP contribution in [-0.4, -0.2) is 10.4 Å². The SMILES string of the molecule is CCCC(=O)c1ccn(Cc2cc(F)cc(F)c2)c1. The Morgan fingerprint density at radius 3 is 2.53 bits per heavy atom. The molecule has 100 valence electrons. The van der Waals surface area contributed by atoms with Crippen LogP contribution in [0.3, 0.4) is 0 Å². The molecule has 2 aromatic rings. The molecule has 0 N–H and O–H groups in total. The zero-order chi connectivity index (χ0) is 13.8. The van der Waals surface area contributed by atoms with E-state index < -0.39 is 11.6 Å². The van der Waals surface area contributed by atoms with Crippen molar-refractivity contribution < 1.29 is 13.6 Å². The van der Waals surface area contributed by atoms with Crippen LogP contribution < -0.4 is 0 Å². The second-order valence-corrected chi connectivity index (χ2v) is 4.52. The first-order valence-corrected chi connectivity index (χ1v) is 6.22. The number of hydrogen-bond acceptors (Lipinski definition) is 1. The maximum absolute atomic E-state index is 13.1. The Bertz CT molecular complexity index is 569. The fourth-order valence-corrected chi connectivity index (χ4v) is 1.99. The van der Waals surface area contributed by atoms with Gasteiger partial charge in [-0.25, -0.2) is 8.78 Å². The summed E-state index contributed by atoms with van der Waals surface area (Å²) in [7, 11) is 0. The molecule has 2 rings (SSSR count). The van der Waals surface area contributed by atoms with Crippen molar-refractivity contribution in [3.63, 3.8) is 0 Å². The molecular weight excluding hydrogens is 248 g/mol. The molecule has 0 amide bonds. The van der Waals surface area contributed by atoms with Crippen molar-refractivity contribution in [1.82, 2.24) is 4.57 Å². The van der Waals surface area contributed by atoms with E-state index in [4.69, 9.17) is 0 Å². The van der Waals surface area contributed by atoms with Crippen LogP contribution in [0.1, 0.15) is 35.7 Å². The monoisotopic (exact) mass is 263 g/mol. The quantitative estimate of drug-likeness (QED) is 0.752. The highest BCUT2D eigenvalue weighted by molar-refractivity contribution is 5.95. The topological polar surface area (TPSA) is 22.0 Å². The molecule has 0 aliphatic carbocycles. The first-order chi connectivity index (χ1) is 9.08. The van der Waals surface area contributed by atoms with Gasteiger partial charge in [0.2, 0.25) is 0 Å². The third kappa shape index (κ3) is 3.50. The Hall–Kier alpha value is -1.97. The van der Waals surface area contributed by atoms with Gasteiger partial charge in [-0.3, -0.25) is 4.79 Å². The van der Waals surface area contributed by atoms with Gasteiger partial charge in [-0.15, -0.1) is 0 Å². The minimum atomic E-state index is -0.593. The predicted molar refractivity (Wildman–Crippen MR) is 69.1 cm³/mol. The van der Waals surface area contributed by atoms with Gasteiger partial charge in [0, 0.05) is 37.0 Å². The lowest BCUT2D eigenvalue weighted by molar-refractivity contribution is 0.0981. The number of halogens is 2. The number of carbonyl (C=O) groups excluding carboxylic acids is 1. The summed E-state index contributed by atoms with van der Waals surface area (Å²) < 4.78 is 27.9. The molecule has 0 aliphatic rings. The first kappa shape index (κ1) is 13.5. The summed E-state index contributed by atoms with van der Waals surface area (Å²) >= 11 is 0. The summed E-state index contributed by atoms with van der Waals surface area (Å²) in [6.45, 7) is 2.29. The van der Waals surface area contributed by atoms with E-state index in [0.717, 1.165) is 12.5 Å². The van der Waals surface area contributed by atoms with Gasteiger partial charge in [0.15, 0.2) is 5.78 Å². The number of aromatic nitrogens is 1. The smallest absolute Gasteiger partial charge is 0.164 e. The molecule has 1 heterocycles. The maximum Gasteiger partial charge on any atom is 0.164 e. The lowest BCUT2D eigenvalue weighted by Gasteiger charge is -2.04. The molecule has 19 heavy (non-hydrogen) atoms. The van der Waals surface area contributed by atoms with E-state index >= 15 is 0 Å². The highest BCUT2D eigenvalue weighted by atomic mass is 19.1. The highest BCUT2D eigenvalue weighted by Crippen LogP contribution is 2.12. The number of benzene rings is 1. The lowest BCUT2D eigenvalue weighted by Crippen LogP contribution is -2.00. The Morgan fingerprint density at radius 1 is 1.21 bits per heavy atom. The van der Waals surface area contributed by atoms with E-state index in [2.05, 4.69) is 0 Å². The van der Waals surface area contributed by atoms with Crippen LogP contribution in [-0.2, 0) is 6.54 Å². The Morgan fingerprint density at radius 2 is 1.89 bits per heavy atom. The second-order valence-electron chi connectivity index (χ2n) is 4.52. The molecule has 1 aromatic carbocycles. The summed E-state index contributed by atoms with van der Waals surface area (Å²) in [6.07, 6.45) is 4.77. The van der Waals surface area contributed by atoms with Crippen molar-refractivity contribution in [2.24, 2.45) is 0 Å². The third-order valence-electron chi connectivity index (χ3n) is 2.84. The van der Waals surface area contributed by atoms with Crippen LogP contribution in [0.5, 0.6) is 0 Å². The van der Waals surface area contributed by atoms with E-state index in [1.165, 1.54) is 12.1 Å². The summed E-state index contributed by atoms with van der Waals surface area (Å²) in [5, 5.41) is 0. The van der Waals surface area contributed by atoms with Gasteiger partial charge >= 0.3 is 0 Å². The number of Topliss-reactive ketones (excluding diaryl/α,β-unsaturated/α-hetero) is 1. The van der Waals surface area contributed by atoms with E-state index in [1.54, 1.807) is 23.0 Å². The Labute approximate surface area is 110 Å². The molecule has 2 nitrogen and oxygen atoms in total. The van der Waals surface area contributed by atoms with Crippen molar-refractivity contribution in [2.75, 3.05) is 0 Å². The number of ketones is 1. The summed E-state index contributed by atoms with van der Waals surface area (Å²) in [4.78, 5) is 11.7. The first-order valence-electron chi connectivity index (χ1n) is 6.22.